The lowest BCUT2D eigenvalue weighted by Crippen LogP contribution is -2.49. The minimum atomic E-state index is -3.55. The van der Waals surface area contributed by atoms with Crippen molar-refractivity contribution in [2.75, 3.05) is 0 Å². The molecule has 1 rings (SSSR count). The Labute approximate surface area is 92.1 Å². The molecule has 0 aromatic carbocycles. The van der Waals surface area contributed by atoms with Crippen molar-refractivity contribution in [1.29, 1.82) is 0 Å². The van der Waals surface area contributed by atoms with Crippen molar-refractivity contribution in [2.24, 2.45) is 5.92 Å². The summed E-state index contributed by atoms with van der Waals surface area (Å²) in [5.41, 5.74) is -2.78. The topological polar surface area (TPSA) is 77.8 Å². The quantitative estimate of drug-likeness (QED) is 0.478. The van der Waals surface area contributed by atoms with Crippen LogP contribution < -0.4 is 0 Å². The number of hydrogen-bond acceptors (Lipinski definition) is 3. The zero-order valence-corrected chi connectivity index (χ0v) is 9.27. The monoisotopic (exact) mass is 322 g/mol. The molecular formula is C7H9F2IO4. The van der Waals surface area contributed by atoms with Gasteiger partial charge in [0.15, 0.2) is 5.67 Å². The number of aliphatic carboxylic acids is 1. The zero-order chi connectivity index (χ0) is 11.3. The molecule has 3 N–H and O–H groups in total. The van der Waals surface area contributed by atoms with Gasteiger partial charge in [-0.3, -0.25) is 4.79 Å². The maximum Gasteiger partial charge on any atom is 0.315 e. The van der Waals surface area contributed by atoms with Gasteiger partial charge in [0.2, 0.25) is 0 Å². The van der Waals surface area contributed by atoms with E-state index in [-0.39, 0.29) is 0 Å². The Morgan fingerprint density at radius 2 is 1.93 bits per heavy atom. The van der Waals surface area contributed by atoms with Crippen LogP contribution >= 0.6 is 22.6 Å². The number of hydrogen-bond donors (Lipinski definition) is 3. The van der Waals surface area contributed by atoms with E-state index in [9.17, 15) is 18.7 Å². The lowest BCUT2D eigenvalue weighted by molar-refractivity contribution is -0.207. The first-order valence-corrected chi connectivity index (χ1v) is 5.03. The summed E-state index contributed by atoms with van der Waals surface area (Å²) in [6.07, 6.45) is -1.75. The summed E-state index contributed by atoms with van der Waals surface area (Å²) in [4.78, 5) is 10.5. The van der Waals surface area contributed by atoms with Gasteiger partial charge < -0.3 is 15.3 Å². The maximum atomic E-state index is 13.6. The van der Waals surface area contributed by atoms with Crippen LogP contribution in [0.3, 0.4) is 0 Å². The number of carboxylic acid groups (broad SMARTS) is 1. The third-order valence-electron chi connectivity index (χ3n) is 2.52. The van der Waals surface area contributed by atoms with Crippen molar-refractivity contribution in [3.63, 3.8) is 0 Å². The van der Waals surface area contributed by atoms with Crippen LogP contribution in [0, 0.1) is 5.92 Å². The van der Waals surface area contributed by atoms with E-state index in [2.05, 4.69) is 0 Å². The van der Waals surface area contributed by atoms with E-state index in [0.717, 1.165) is 6.92 Å². The summed E-state index contributed by atoms with van der Waals surface area (Å²) >= 11 is 1.39. The van der Waals surface area contributed by atoms with Crippen LogP contribution in [0.1, 0.15) is 6.92 Å². The van der Waals surface area contributed by atoms with Crippen molar-refractivity contribution in [2.45, 2.75) is 28.5 Å². The molecule has 0 heterocycles. The summed E-state index contributed by atoms with van der Waals surface area (Å²) in [7, 11) is 0. The van der Waals surface area contributed by atoms with Gasteiger partial charge in [0.05, 0.1) is 10.0 Å². The molecule has 4 nitrogen and oxygen atoms in total. The second-order valence-electron chi connectivity index (χ2n) is 3.46. The van der Waals surface area contributed by atoms with E-state index >= 15 is 0 Å². The first-order chi connectivity index (χ1) is 6.14. The number of alkyl halides is 3. The second-order valence-corrected chi connectivity index (χ2v) is 4.80. The molecule has 0 aliphatic heterocycles. The van der Waals surface area contributed by atoms with Crippen molar-refractivity contribution in [1.82, 2.24) is 0 Å². The van der Waals surface area contributed by atoms with E-state index in [1.807, 2.05) is 0 Å². The number of carbonyl (C=O) groups is 1. The van der Waals surface area contributed by atoms with Gasteiger partial charge in [-0.25, -0.2) is 8.78 Å². The highest BCUT2D eigenvalue weighted by Gasteiger charge is 2.71. The Morgan fingerprint density at radius 3 is 2.07 bits per heavy atom. The van der Waals surface area contributed by atoms with Gasteiger partial charge in [0, 0.05) is 0 Å². The van der Waals surface area contributed by atoms with Crippen molar-refractivity contribution in [3.05, 3.63) is 0 Å². The third-order valence-corrected chi connectivity index (χ3v) is 4.43. The lowest BCUT2D eigenvalue weighted by Gasteiger charge is -2.28. The molecule has 5 atom stereocenters. The molecule has 0 amide bonds. The molecule has 0 radical (unpaired) electrons. The fraction of sp³-hybridized carbons (Fsp3) is 0.857. The zero-order valence-electron chi connectivity index (χ0n) is 7.12. The Balaban J connectivity index is 3.18. The fourth-order valence-electron chi connectivity index (χ4n) is 1.52. The van der Waals surface area contributed by atoms with E-state index in [1.54, 1.807) is 0 Å². The molecule has 14 heavy (non-hydrogen) atoms. The molecule has 1 aliphatic rings. The van der Waals surface area contributed by atoms with Gasteiger partial charge in [-0.1, -0.05) is 22.6 Å². The van der Waals surface area contributed by atoms with Crippen LogP contribution in [0.25, 0.3) is 0 Å². The van der Waals surface area contributed by atoms with Crippen LogP contribution in [0.4, 0.5) is 8.78 Å². The molecule has 0 saturated heterocycles. The summed E-state index contributed by atoms with van der Waals surface area (Å²) in [5, 5.41) is 26.9. The number of aliphatic hydroxyl groups excluding tert-OH is 1. The van der Waals surface area contributed by atoms with Gasteiger partial charge in [-0.2, -0.15) is 0 Å². The highest BCUT2D eigenvalue weighted by atomic mass is 127. The van der Waals surface area contributed by atoms with Crippen LogP contribution in [0.2, 0.25) is 0 Å². The minimum Gasteiger partial charge on any atom is -0.481 e. The van der Waals surface area contributed by atoms with Crippen LogP contribution in [-0.4, -0.2) is 42.8 Å². The van der Waals surface area contributed by atoms with Gasteiger partial charge in [0.25, 0.3) is 5.85 Å². The van der Waals surface area contributed by atoms with Crippen molar-refractivity contribution in [3.8, 4) is 0 Å². The average Bonchev–Trinajstić information content (AvgIpc) is 2.10. The molecule has 7 heteroatoms. The molecule has 82 valence electrons. The van der Waals surface area contributed by atoms with Crippen LogP contribution in [0.15, 0.2) is 0 Å². The number of rotatable bonds is 1. The molecule has 1 fully saturated rings. The number of carboxylic acids is 1. The van der Waals surface area contributed by atoms with Gasteiger partial charge >= 0.3 is 5.97 Å². The highest BCUT2D eigenvalue weighted by Crippen LogP contribution is 2.50. The van der Waals surface area contributed by atoms with Crippen LogP contribution in [0.5, 0.6) is 0 Å². The Morgan fingerprint density at radius 1 is 1.50 bits per heavy atom. The van der Waals surface area contributed by atoms with Crippen LogP contribution in [-0.2, 0) is 4.79 Å². The van der Waals surface area contributed by atoms with E-state index < -0.39 is 33.4 Å². The average molecular weight is 322 g/mol. The molecule has 5 unspecified atom stereocenters. The molecule has 0 spiro atoms. The van der Waals surface area contributed by atoms with Gasteiger partial charge in [-0.15, -0.1) is 0 Å². The third kappa shape index (κ3) is 1.33. The normalized spacial score (nSPS) is 53.4. The first kappa shape index (κ1) is 12.1. The molecular weight excluding hydrogens is 313 g/mol. The smallest absolute Gasteiger partial charge is 0.315 e. The molecule has 1 aliphatic carbocycles. The predicted octanol–water partition coefficient (Wildman–Crippen LogP) is 0.252. The Kier molecular flexibility index (Phi) is 2.79. The number of aliphatic hydroxyl groups is 2. The summed E-state index contributed by atoms with van der Waals surface area (Å²) < 4.78 is 25.7. The fourth-order valence-corrected chi connectivity index (χ4v) is 2.38. The molecule has 0 aromatic heterocycles. The van der Waals surface area contributed by atoms with Gasteiger partial charge in [-0.05, 0) is 6.92 Å². The predicted molar refractivity (Wildman–Crippen MR) is 50.5 cm³/mol. The SMILES string of the molecule is CC1(F)C(I)C(O)C(C(=O)O)C1(O)F. The van der Waals surface area contributed by atoms with E-state index in [4.69, 9.17) is 10.2 Å². The molecule has 0 aromatic rings. The lowest BCUT2D eigenvalue weighted by atomic mass is 9.97. The maximum absolute atomic E-state index is 13.6. The van der Waals surface area contributed by atoms with E-state index in [0.29, 0.717) is 0 Å². The summed E-state index contributed by atoms with van der Waals surface area (Å²) in [5.74, 6) is -7.46. The molecule has 0 bridgehead atoms. The molecule has 1 saturated carbocycles. The minimum absolute atomic E-state index is 0.732. The Bertz CT molecular complexity index is 268. The number of halogens is 3. The second kappa shape index (κ2) is 3.24. The standard InChI is InChI=1S/C7H9F2IO4/c1-6(8)4(10)3(11)2(5(12)13)7(6,9)14/h2-4,11,14H,1H3,(H,12,13). The first-order valence-electron chi connectivity index (χ1n) is 3.79. The Hall–Kier alpha value is -0.0200. The summed E-state index contributed by atoms with van der Waals surface area (Å²) in [6.45, 7) is 0.732. The van der Waals surface area contributed by atoms with Crippen molar-refractivity contribution >= 4 is 28.6 Å². The highest BCUT2D eigenvalue weighted by molar-refractivity contribution is 14.1. The van der Waals surface area contributed by atoms with Gasteiger partial charge in [0.1, 0.15) is 5.92 Å². The largest absolute Gasteiger partial charge is 0.481 e. The van der Waals surface area contributed by atoms with E-state index in [1.165, 1.54) is 22.6 Å². The van der Waals surface area contributed by atoms with Crippen molar-refractivity contribution < 1.29 is 28.9 Å². The summed E-state index contributed by atoms with van der Waals surface area (Å²) in [6, 6.07) is 0.